The first kappa shape index (κ1) is 20.1. The van der Waals surface area contributed by atoms with Crippen molar-refractivity contribution in [2.75, 3.05) is 6.61 Å². The lowest BCUT2D eigenvalue weighted by Gasteiger charge is -2.16. The molecule has 1 atom stereocenters. The molecule has 1 aliphatic carbocycles. The smallest absolute Gasteiger partial charge is 0.407 e. The van der Waals surface area contributed by atoms with Crippen molar-refractivity contribution in [2.24, 2.45) is 0 Å². The molecule has 0 aliphatic heterocycles. The van der Waals surface area contributed by atoms with Gasteiger partial charge in [-0.25, -0.2) is 9.59 Å². The molecule has 1 amide bonds. The Morgan fingerprint density at radius 2 is 1.66 bits per heavy atom. The average molecular weight is 389 g/mol. The minimum Gasteiger partial charge on any atom is -0.480 e. The second kappa shape index (κ2) is 9.55. The molecule has 148 valence electrons. The van der Waals surface area contributed by atoms with Gasteiger partial charge in [0, 0.05) is 5.92 Å². The molecule has 3 rings (SSSR count). The number of amides is 1. The molecule has 1 aliphatic rings. The summed E-state index contributed by atoms with van der Waals surface area (Å²) in [7, 11) is 0. The Labute approximate surface area is 170 Å². The van der Waals surface area contributed by atoms with E-state index in [1.54, 1.807) is 30.4 Å². The molecule has 0 spiro atoms. The number of hydrogen-bond acceptors (Lipinski definition) is 3. The van der Waals surface area contributed by atoms with Crippen LogP contribution in [0.5, 0.6) is 0 Å². The quantitative estimate of drug-likeness (QED) is 0.644. The van der Waals surface area contributed by atoms with E-state index in [4.69, 9.17) is 4.74 Å². The van der Waals surface area contributed by atoms with Crippen molar-refractivity contribution in [2.45, 2.75) is 18.4 Å². The second-order valence-electron chi connectivity index (χ2n) is 6.65. The van der Waals surface area contributed by atoms with E-state index in [9.17, 15) is 14.7 Å². The van der Waals surface area contributed by atoms with E-state index in [1.165, 1.54) is 0 Å². The molecule has 0 unspecified atom stereocenters. The number of rotatable bonds is 8. The van der Waals surface area contributed by atoms with E-state index >= 15 is 0 Å². The zero-order chi connectivity index (χ0) is 20.6. The van der Waals surface area contributed by atoms with Crippen LogP contribution in [0.2, 0.25) is 0 Å². The van der Waals surface area contributed by atoms with Crippen LogP contribution in [0.3, 0.4) is 0 Å². The van der Waals surface area contributed by atoms with Crippen molar-refractivity contribution in [1.82, 2.24) is 5.32 Å². The highest BCUT2D eigenvalue weighted by Crippen LogP contribution is 2.44. The van der Waals surface area contributed by atoms with Crippen LogP contribution in [0.25, 0.3) is 11.1 Å². The molecule has 0 aromatic heterocycles. The van der Waals surface area contributed by atoms with Crippen LogP contribution in [0.4, 0.5) is 4.79 Å². The van der Waals surface area contributed by atoms with Gasteiger partial charge in [0.1, 0.15) is 12.6 Å². The van der Waals surface area contributed by atoms with Crippen molar-refractivity contribution < 1.29 is 19.4 Å². The fourth-order valence-corrected chi connectivity index (χ4v) is 3.44. The number of allylic oxidation sites excluding steroid dienone is 4. The lowest BCUT2D eigenvalue weighted by molar-refractivity contribution is -0.139. The van der Waals surface area contributed by atoms with Crippen molar-refractivity contribution in [1.29, 1.82) is 0 Å². The summed E-state index contributed by atoms with van der Waals surface area (Å²) in [5.74, 6) is -1.18. The number of alkyl carbamates (subject to hydrolysis) is 1. The summed E-state index contributed by atoms with van der Waals surface area (Å²) in [6, 6.07) is 15.0. The first-order chi connectivity index (χ1) is 14.1. The fraction of sp³-hybridized carbons (Fsp3) is 0.167. The maximum absolute atomic E-state index is 12.2. The number of ether oxygens (including phenoxy) is 1. The van der Waals surface area contributed by atoms with Gasteiger partial charge in [-0.2, -0.15) is 0 Å². The van der Waals surface area contributed by atoms with Crippen molar-refractivity contribution in [3.8, 4) is 11.1 Å². The van der Waals surface area contributed by atoms with E-state index in [0.717, 1.165) is 22.3 Å². The van der Waals surface area contributed by atoms with E-state index in [2.05, 4.69) is 24.0 Å². The van der Waals surface area contributed by atoms with Crippen LogP contribution in [0.1, 0.15) is 23.5 Å². The molecule has 2 aromatic carbocycles. The summed E-state index contributed by atoms with van der Waals surface area (Å²) < 4.78 is 5.40. The van der Waals surface area contributed by atoms with Crippen LogP contribution < -0.4 is 5.32 Å². The Morgan fingerprint density at radius 3 is 2.24 bits per heavy atom. The fourth-order valence-electron chi connectivity index (χ4n) is 3.44. The van der Waals surface area contributed by atoms with E-state index in [-0.39, 0.29) is 18.9 Å². The summed E-state index contributed by atoms with van der Waals surface area (Å²) in [6.07, 6.45) is 7.87. The van der Waals surface area contributed by atoms with Gasteiger partial charge in [-0.05, 0) is 28.7 Å². The molecule has 2 aromatic rings. The number of nitrogens with one attached hydrogen (secondary N) is 1. The highest BCUT2D eigenvalue weighted by Gasteiger charge is 2.29. The van der Waals surface area contributed by atoms with Crippen LogP contribution >= 0.6 is 0 Å². The Balaban J connectivity index is 1.63. The van der Waals surface area contributed by atoms with Gasteiger partial charge >= 0.3 is 12.1 Å². The van der Waals surface area contributed by atoms with Gasteiger partial charge < -0.3 is 15.2 Å². The molecule has 0 saturated carbocycles. The Morgan fingerprint density at radius 1 is 1.03 bits per heavy atom. The SMILES string of the molecule is C=C/C=C\C=C\C[C@H](NC(=O)OCC1c2ccccc2-c2ccccc21)C(=O)O. The predicted molar refractivity (Wildman–Crippen MR) is 113 cm³/mol. The summed E-state index contributed by atoms with van der Waals surface area (Å²) in [4.78, 5) is 23.6. The van der Waals surface area contributed by atoms with Crippen molar-refractivity contribution >= 4 is 12.1 Å². The number of carboxylic acids is 1. The van der Waals surface area contributed by atoms with Gasteiger partial charge in [0.15, 0.2) is 0 Å². The Bertz CT molecular complexity index is 915. The minimum atomic E-state index is -1.11. The first-order valence-electron chi connectivity index (χ1n) is 9.40. The van der Waals surface area contributed by atoms with Gasteiger partial charge in [0.05, 0.1) is 0 Å². The zero-order valence-corrected chi connectivity index (χ0v) is 16.0. The number of aliphatic carboxylic acids is 1. The number of benzene rings is 2. The van der Waals surface area contributed by atoms with Crippen LogP contribution in [0, 0.1) is 0 Å². The molecular formula is C24H23NO4. The van der Waals surface area contributed by atoms with Gasteiger partial charge in [-0.3, -0.25) is 0 Å². The van der Waals surface area contributed by atoms with Gasteiger partial charge in [-0.15, -0.1) is 0 Å². The van der Waals surface area contributed by atoms with E-state index < -0.39 is 18.1 Å². The third-order valence-electron chi connectivity index (χ3n) is 4.80. The third-order valence-corrected chi connectivity index (χ3v) is 4.80. The lowest BCUT2D eigenvalue weighted by Crippen LogP contribution is -2.41. The molecule has 0 bridgehead atoms. The predicted octanol–water partition coefficient (Wildman–Crippen LogP) is 4.67. The van der Waals surface area contributed by atoms with Gasteiger partial charge in [-0.1, -0.05) is 85.5 Å². The zero-order valence-electron chi connectivity index (χ0n) is 16.0. The topological polar surface area (TPSA) is 75.6 Å². The standard InChI is InChI=1S/C24H23NO4/c1-2-3-4-5-6-15-22(23(26)27)25-24(28)29-16-21-19-13-9-7-11-17(19)18-12-8-10-14-20(18)21/h2-14,21-22H,1,15-16H2,(H,25,28)(H,26,27)/b4-3-,6-5+/t22-/m0/s1. The summed E-state index contributed by atoms with van der Waals surface area (Å²) >= 11 is 0. The maximum Gasteiger partial charge on any atom is 0.407 e. The number of hydrogen-bond donors (Lipinski definition) is 2. The maximum atomic E-state index is 12.2. The van der Waals surface area contributed by atoms with E-state index in [1.807, 2.05) is 36.4 Å². The average Bonchev–Trinajstić information content (AvgIpc) is 3.05. The van der Waals surface area contributed by atoms with Gasteiger partial charge in [0.2, 0.25) is 0 Å². The summed E-state index contributed by atoms with van der Waals surface area (Å²) in [6.45, 7) is 3.70. The normalized spacial score (nSPS) is 13.8. The number of carbonyl (C=O) groups is 2. The summed E-state index contributed by atoms with van der Waals surface area (Å²) in [5.41, 5.74) is 4.48. The molecule has 0 saturated heterocycles. The number of carbonyl (C=O) groups excluding carboxylic acids is 1. The van der Waals surface area contributed by atoms with Crippen molar-refractivity contribution in [3.63, 3.8) is 0 Å². The highest BCUT2D eigenvalue weighted by atomic mass is 16.5. The largest absolute Gasteiger partial charge is 0.480 e. The second-order valence-corrected chi connectivity index (χ2v) is 6.65. The molecule has 29 heavy (non-hydrogen) atoms. The van der Waals surface area contributed by atoms with Crippen molar-refractivity contribution in [3.05, 3.63) is 96.6 Å². The highest BCUT2D eigenvalue weighted by molar-refractivity contribution is 5.81. The van der Waals surface area contributed by atoms with Crippen LogP contribution in [-0.2, 0) is 9.53 Å². The van der Waals surface area contributed by atoms with Gasteiger partial charge in [0.25, 0.3) is 0 Å². The summed E-state index contributed by atoms with van der Waals surface area (Å²) in [5, 5.41) is 11.7. The molecule has 0 fully saturated rings. The molecule has 5 nitrogen and oxygen atoms in total. The first-order valence-corrected chi connectivity index (χ1v) is 9.40. The molecule has 2 N–H and O–H groups in total. The minimum absolute atomic E-state index is 0.0691. The monoisotopic (exact) mass is 389 g/mol. The van der Waals surface area contributed by atoms with Crippen LogP contribution in [-0.4, -0.2) is 29.8 Å². The Hall–Kier alpha value is -3.60. The molecule has 0 radical (unpaired) electrons. The Kier molecular flexibility index (Phi) is 6.63. The van der Waals surface area contributed by atoms with E-state index in [0.29, 0.717) is 0 Å². The number of fused-ring (bicyclic) bond motifs is 3. The van der Waals surface area contributed by atoms with Crippen LogP contribution in [0.15, 0.2) is 85.5 Å². The third kappa shape index (κ3) is 4.82. The molecular weight excluding hydrogens is 366 g/mol. The molecule has 5 heteroatoms. The lowest BCUT2D eigenvalue weighted by atomic mass is 9.98. The molecule has 0 heterocycles. The number of carboxylic acid groups (broad SMARTS) is 1.